The fourth-order valence-electron chi connectivity index (χ4n) is 2.18. The largest absolute Gasteiger partial charge is 0.399 e. The summed E-state index contributed by atoms with van der Waals surface area (Å²) in [6.45, 7) is 7.07. The van der Waals surface area contributed by atoms with Gasteiger partial charge < -0.3 is 10.5 Å². The van der Waals surface area contributed by atoms with Gasteiger partial charge in [-0.2, -0.15) is 0 Å². The van der Waals surface area contributed by atoms with Crippen molar-refractivity contribution in [2.75, 3.05) is 18.9 Å². The molecule has 0 aromatic heterocycles. The number of anilines is 1. The molecule has 2 atom stereocenters. The zero-order valence-corrected chi connectivity index (χ0v) is 10.0. The number of nitrogen functional groups attached to an aromatic ring is 1. The van der Waals surface area contributed by atoms with Gasteiger partial charge >= 0.3 is 0 Å². The maximum absolute atomic E-state index is 5.68. The molecule has 1 fully saturated rings. The zero-order valence-electron chi connectivity index (χ0n) is 10.0. The SMILES string of the molecule is C[C@@H]1COC[C@@H](C)N1Cc1ccc(N)cc1. The first-order chi connectivity index (χ1) is 7.66. The zero-order chi connectivity index (χ0) is 11.5. The molecule has 1 heterocycles. The monoisotopic (exact) mass is 220 g/mol. The Bertz CT molecular complexity index is 326. The van der Waals surface area contributed by atoms with Gasteiger partial charge in [0.25, 0.3) is 0 Å². The summed E-state index contributed by atoms with van der Waals surface area (Å²) in [5.41, 5.74) is 7.82. The normalized spacial score (nSPS) is 26.9. The highest BCUT2D eigenvalue weighted by Gasteiger charge is 2.24. The van der Waals surface area contributed by atoms with Crippen molar-refractivity contribution < 1.29 is 4.74 Å². The van der Waals surface area contributed by atoms with E-state index in [9.17, 15) is 0 Å². The Hall–Kier alpha value is -1.06. The van der Waals surface area contributed by atoms with Gasteiger partial charge in [-0.25, -0.2) is 0 Å². The maximum atomic E-state index is 5.68. The van der Waals surface area contributed by atoms with Crippen LogP contribution in [0.4, 0.5) is 5.69 Å². The lowest BCUT2D eigenvalue weighted by molar-refractivity contribution is -0.0409. The van der Waals surface area contributed by atoms with E-state index < -0.39 is 0 Å². The van der Waals surface area contributed by atoms with Crippen molar-refractivity contribution in [1.82, 2.24) is 4.90 Å². The van der Waals surface area contributed by atoms with Gasteiger partial charge in [0.1, 0.15) is 0 Å². The van der Waals surface area contributed by atoms with Gasteiger partial charge in [-0.1, -0.05) is 12.1 Å². The Morgan fingerprint density at radius 2 is 1.75 bits per heavy atom. The Kier molecular flexibility index (Phi) is 3.46. The number of nitrogens with two attached hydrogens (primary N) is 1. The Labute approximate surface area is 97.2 Å². The van der Waals surface area contributed by atoms with Crippen molar-refractivity contribution in [3.63, 3.8) is 0 Å². The third-order valence-electron chi connectivity index (χ3n) is 3.20. The van der Waals surface area contributed by atoms with Gasteiger partial charge in [-0.15, -0.1) is 0 Å². The smallest absolute Gasteiger partial charge is 0.0620 e. The highest BCUT2D eigenvalue weighted by atomic mass is 16.5. The molecule has 88 valence electrons. The number of rotatable bonds is 2. The Morgan fingerprint density at radius 1 is 1.19 bits per heavy atom. The summed E-state index contributed by atoms with van der Waals surface area (Å²) in [6.07, 6.45) is 0. The minimum atomic E-state index is 0.487. The number of hydrogen-bond acceptors (Lipinski definition) is 3. The molecule has 1 saturated heterocycles. The van der Waals surface area contributed by atoms with Crippen LogP contribution in [0.1, 0.15) is 19.4 Å². The van der Waals surface area contributed by atoms with E-state index in [1.165, 1.54) is 5.56 Å². The number of hydrogen-bond donors (Lipinski definition) is 1. The molecule has 0 spiro atoms. The molecule has 1 aliphatic rings. The van der Waals surface area contributed by atoms with E-state index in [0.717, 1.165) is 25.4 Å². The maximum Gasteiger partial charge on any atom is 0.0620 e. The van der Waals surface area contributed by atoms with Crippen LogP contribution in [0.25, 0.3) is 0 Å². The van der Waals surface area contributed by atoms with E-state index in [4.69, 9.17) is 10.5 Å². The van der Waals surface area contributed by atoms with Crippen molar-refractivity contribution >= 4 is 5.69 Å². The van der Waals surface area contributed by atoms with Crippen molar-refractivity contribution in [3.8, 4) is 0 Å². The molecule has 3 nitrogen and oxygen atoms in total. The molecule has 0 amide bonds. The molecule has 1 aromatic rings. The van der Waals surface area contributed by atoms with Crippen LogP contribution >= 0.6 is 0 Å². The van der Waals surface area contributed by atoms with E-state index in [-0.39, 0.29) is 0 Å². The van der Waals surface area contributed by atoms with Gasteiger partial charge in [-0.05, 0) is 31.5 Å². The number of ether oxygens (including phenoxy) is 1. The summed E-state index contributed by atoms with van der Waals surface area (Å²) >= 11 is 0. The van der Waals surface area contributed by atoms with Crippen molar-refractivity contribution in [2.45, 2.75) is 32.5 Å². The van der Waals surface area contributed by atoms with E-state index >= 15 is 0 Å². The first-order valence-electron chi connectivity index (χ1n) is 5.84. The third kappa shape index (κ3) is 2.54. The average Bonchev–Trinajstić information content (AvgIpc) is 2.26. The van der Waals surface area contributed by atoms with E-state index in [1.807, 2.05) is 12.1 Å². The standard InChI is InChI=1S/C13H20N2O/c1-10-8-16-9-11(2)15(10)7-12-3-5-13(14)6-4-12/h3-6,10-11H,7-9,14H2,1-2H3/t10-,11-/m1/s1. The first-order valence-corrected chi connectivity index (χ1v) is 5.84. The molecule has 2 N–H and O–H groups in total. The Morgan fingerprint density at radius 3 is 2.31 bits per heavy atom. The number of morpholine rings is 1. The molecule has 1 aromatic carbocycles. The van der Waals surface area contributed by atoms with Crippen LogP contribution < -0.4 is 5.73 Å². The highest BCUT2D eigenvalue weighted by molar-refractivity contribution is 5.39. The fraction of sp³-hybridized carbons (Fsp3) is 0.538. The molecule has 3 heteroatoms. The fourth-order valence-corrected chi connectivity index (χ4v) is 2.18. The lowest BCUT2D eigenvalue weighted by atomic mass is 10.1. The molecule has 0 unspecified atom stereocenters. The second kappa shape index (κ2) is 4.85. The van der Waals surface area contributed by atoms with Crippen molar-refractivity contribution in [2.24, 2.45) is 0 Å². The lowest BCUT2D eigenvalue weighted by Gasteiger charge is -2.38. The van der Waals surface area contributed by atoms with Crippen LogP contribution in [-0.4, -0.2) is 30.2 Å². The molecule has 0 bridgehead atoms. The van der Waals surface area contributed by atoms with E-state index in [2.05, 4.69) is 30.9 Å². The average molecular weight is 220 g/mol. The highest BCUT2D eigenvalue weighted by Crippen LogP contribution is 2.17. The first kappa shape index (κ1) is 11.4. The molecule has 1 aliphatic heterocycles. The summed E-state index contributed by atoms with van der Waals surface area (Å²) in [5.74, 6) is 0. The molecule has 0 saturated carbocycles. The third-order valence-corrected chi connectivity index (χ3v) is 3.20. The predicted molar refractivity (Wildman–Crippen MR) is 66.1 cm³/mol. The van der Waals surface area contributed by atoms with Crippen molar-refractivity contribution in [1.29, 1.82) is 0 Å². The summed E-state index contributed by atoms with van der Waals surface area (Å²) in [4.78, 5) is 2.48. The quantitative estimate of drug-likeness (QED) is 0.773. The minimum Gasteiger partial charge on any atom is -0.399 e. The topological polar surface area (TPSA) is 38.5 Å². The van der Waals surface area contributed by atoms with Crippen LogP contribution in [0.5, 0.6) is 0 Å². The number of benzene rings is 1. The van der Waals surface area contributed by atoms with E-state index in [0.29, 0.717) is 12.1 Å². The van der Waals surface area contributed by atoms with Gasteiger partial charge in [-0.3, -0.25) is 4.90 Å². The van der Waals surface area contributed by atoms with Gasteiger partial charge in [0, 0.05) is 24.3 Å². The van der Waals surface area contributed by atoms with Crippen LogP contribution in [0.3, 0.4) is 0 Å². The second-order valence-corrected chi connectivity index (χ2v) is 4.65. The molecular weight excluding hydrogens is 200 g/mol. The molecular formula is C13H20N2O. The van der Waals surface area contributed by atoms with Crippen LogP contribution in [0.2, 0.25) is 0 Å². The predicted octanol–water partition coefficient (Wildman–Crippen LogP) is 1.88. The lowest BCUT2D eigenvalue weighted by Crippen LogP contribution is -2.48. The van der Waals surface area contributed by atoms with Crippen LogP contribution in [0, 0.1) is 0 Å². The summed E-state index contributed by atoms with van der Waals surface area (Å²) in [7, 11) is 0. The number of nitrogens with zero attached hydrogens (tertiary/aromatic N) is 1. The minimum absolute atomic E-state index is 0.487. The molecule has 0 radical (unpaired) electrons. The van der Waals surface area contributed by atoms with Crippen molar-refractivity contribution in [3.05, 3.63) is 29.8 Å². The summed E-state index contributed by atoms with van der Waals surface area (Å²) in [6, 6.07) is 9.10. The molecule has 2 rings (SSSR count). The van der Waals surface area contributed by atoms with Gasteiger partial charge in [0.05, 0.1) is 13.2 Å². The summed E-state index contributed by atoms with van der Waals surface area (Å²) < 4.78 is 5.52. The summed E-state index contributed by atoms with van der Waals surface area (Å²) in [5, 5.41) is 0. The second-order valence-electron chi connectivity index (χ2n) is 4.65. The van der Waals surface area contributed by atoms with E-state index in [1.54, 1.807) is 0 Å². The van der Waals surface area contributed by atoms with Gasteiger partial charge in [0.2, 0.25) is 0 Å². The molecule has 16 heavy (non-hydrogen) atoms. The molecule has 0 aliphatic carbocycles. The Balaban J connectivity index is 2.04. The van der Waals surface area contributed by atoms with Crippen LogP contribution in [0.15, 0.2) is 24.3 Å². The van der Waals surface area contributed by atoms with Crippen LogP contribution in [-0.2, 0) is 11.3 Å². The van der Waals surface area contributed by atoms with Gasteiger partial charge in [0.15, 0.2) is 0 Å².